The molecule has 3 rings (SSSR count). The molecule has 1 aliphatic carbocycles. The Balaban J connectivity index is 1.63. The monoisotopic (exact) mass is 255 g/mol. The predicted octanol–water partition coefficient (Wildman–Crippen LogP) is 4.18. The highest BCUT2D eigenvalue weighted by molar-refractivity contribution is 5.29. The van der Waals surface area contributed by atoms with E-state index in [1.165, 1.54) is 30.4 Å². The highest BCUT2D eigenvalue weighted by atomic mass is 16.3. The molecule has 2 N–H and O–H groups in total. The van der Waals surface area contributed by atoms with Crippen LogP contribution in [0.1, 0.15) is 54.5 Å². The van der Waals surface area contributed by atoms with Crippen molar-refractivity contribution in [2.45, 2.75) is 44.1 Å². The molecule has 2 heteroatoms. The molecule has 2 nitrogen and oxygen atoms in total. The summed E-state index contributed by atoms with van der Waals surface area (Å²) in [4.78, 5) is 0. The Morgan fingerprint density at radius 1 is 1.21 bits per heavy atom. The van der Waals surface area contributed by atoms with Crippen LogP contribution in [0.2, 0.25) is 0 Å². The van der Waals surface area contributed by atoms with Crippen LogP contribution in [-0.2, 0) is 6.42 Å². The third-order valence-electron chi connectivity index (χ3n) is 4.20. The van der Waals surface area contributed by atoms with Gasteiger partial charge >= 0.3 is 0 Å². The zero-order valence-electron chi connectivity index (χ0n) is 11.2. The summed E-state index contributed by atoms with van der Waals surface area (Å²) in [6, 6.07) is 12.9. The van der Waals surface area contributed by atoms with Gasteiger partial charge < -0.3 is 10.2 Å². The van der Waals surface area contributed by atoms with Crippen LogP contribution in [0.3, 0.4) is 0 Å². The molecule has 0 spiro atoms. The summed E-state index contributed by atoms with van der Waals surface area (Å²) in [5, 5.41) is 0. The molecule has 2 aromatic rings. The summed E-state index contributed by atoms with van der Waals surface area (Å²) < 4.78 is 5.35. The van der Waals surface area contributed by atoms with Gasteiger partial charge in [-0.05, 0) is 48.4 Å². The third kappa shape index (κ3) is 2.90. The fourth-order valence-electron chi connectivity index (χ4n) is 2.70. The average molecular weight is 255 g/mol. The first kappa shape index (κ1) is 12.5. The number of benzene rings is 1. The van der Waals surface area contributed by atoms with Gasteiger partial charge in [-0.2, -0.15) is 0 Å². The van der Waals surface area contributed by atoms with Crippen LogP contribution < -0.4 is 5.73 Å². The second kappa shape index (κ2) is 5.62. The van der Waals surface area contributed by atoms with E-state index in [0.29, 0.717) is 0 Å². The number of nitrogens with two attached hydrogens (primary N) is 1. The minimum absolute atomic E-state index is 0.102. The van der Waals surface area contributed by atoms with Crippen LogP contribution in [-0.4, -0.2) is 0 Å². The first-order valence-electron chi connectivity index (χ1n) is 7.21. The Morgan fingerprint density at radius 3 is 2.79 bits per heavy atom. The fourth-order valence-corrected chi connectivity index (χ4v) is 2.70. The van der Waals surface area contributed by atoms with E-state index in [4.69, 9.17) is 10.2 Å². The summed E-state index contributed by atoms with van der Waals surface area (Å²) in [6.07, 6.45) is 7.61. The summed E-state index contributed by atoms with van der Waals surface area (Å²) >= 11 is 0. The number of rotatable bonds is 5. The molecule has 1 unspecified atom stereocenters. The smallest absolute Gasteiger partial charge is 0.103 e. The fraction of sp³-hybridized carbons (Fsp3) is 0.412. The van der Waals surface area contributed by atoms with Gasteiger partial charge in [-0.15, -0.1) is 0 Å². The lowest BCUT2D eigenvalue weighted by molar-refractivity contribution is 0.419. The SMILES string of the molecule is NC(CCc1ccco1)c1cccc(C2CCC2)c1. The van der Waals surface area contributed by atoms with Gasteiger partial charge in [0.15, 0.2) is 0 Å². The second-order valence-corrected chi connectivity index (χ2v) is 5.52. The first-order valence-corrected chi connectivity index (χ1v) is 7.21. The maximum Gasteiger partial charge on any atom is 0.103 e. The van der Waals surface area contributed by atoms with E-state index < -0.39 is 0 Å². The number of hydrogen-bond acceptors (Lipinski definition) is 2. The molecule has 1 aromatic carbocycles. The normalized spacial score (nSPS) is 17.1. The Bertz CT molecular complexity index is 514. The van der Waals surface area contributed by atoms with E-state index in [1.54, 1.807) is 6.26 Å². The van der Waals surface area contributed by atoms with Crippen molar-refractivity contribution in [3.8, 4) is 0 Å². The molecular formula is C17H21NO. The molecule has 0 amide bonds. The standard InChI is InChI=1S/C17H21NO/c18-17(10-9-16-8-3-11-19-16)15-7-2-6-14(12-15)13-4-1-5-13/h2-3,6-8,11-13,17H,1,4-5,9-10,18H2. The maximum absolute atomic E-state index is 6.30. The summed E-state index contributed by atoms with van der Waals surface area (Å²) in [5.41, 5.74) is 9.03. The quantitative estimate of drug-likeness (QED) is 0.870. The highest BCUT2D eigenvalue weighted by Gasteiger charge is 2.20. The Kier molecular flexibility index (Phi) is 3.69. The van der Waals surface area contributed by atoms with Crippen LogP contribution >= 0.6 is 0 Å². The minimum Gasteiger partial charge on any atom is -0.469 e. The number of hydrogen-bond donors (Lipinski definition) is 1. The van der Waals surface area contributed by atoms with Crippen LogP contribution in [0.25, 0.3) is 0 Å². The molecular weight excluding hydrogens is 234 g/mol. The molecule has 1 saturated carbocycles. The lowest BCUT2D eigenvalue weighted by Gasteiger charge is -2.26. The second-order valence-electron chi connectivity index (χ2n) is 5.52. The average Bonchev–Trinajstić information content (AvgIpc) is 2.87. The van der Waals surface area contributed by atoms with Gasteiger partial charge in [0.25, 0.3) is 0 Å². The number of aryl methyl sites for hydroxylation is 1. The van der Waals surface area contributed by atoms with Crippen molar-refractivity contribution < 1.29 is 4.42 Å². The topological polar surface area (TPSA) is 39.2 Å². The van der Waals surface area contributed by atoms with Gasteiger partial charge in [0, 0.05) is 12.5 Å². The molecule has 100 valence electrons. The Hall–Kier alpha value is -1.54. The van der Waals surface area contributed by atoms with Gasteiger partial charge in [0.2, 0.25) is 0 Å². The van der Waals surface area contributed by atoms with Crippen molar-refractivity contribution in [3.63, 3.8) is 0 Å². The van der Waals surface area contributed by atoms with Crippen molar-refractivity contribution in [2.24, 2.45) is 5.73 Å². The minimum atomic E-state index is 0.102. The first-order chi connectivity index (χ1) is 9.33. The Morgan fingerprint density at radius 2 is 2.11 bits per heavy atom. The van der Waals surface area contributed by atoms with Crippen LogP contribution in [0.4, 0.5) is 0 Å². The van der Waals surface area contributed by atoms with E-state index in [-0.39, 0.29) is 6.04 Å². The third-order valence-corrected chi connectivity index (χ3v) is 4.20. The summed E-state index contributed by atoms with van der Waals surface area (Å²) in [5.74, 6) is 1.79. The van der Waals surface area contributed by atoms with Crippen LogP contribution in [0.5, 0.6) is 0 Å². The molecule has 19 heavy (non-hydrogen) atoms. The molecule has 0 radical (unpaired) electrons. The molecule has 1 heterocycles. The van der Waals surface area contributed by atoms with Crippen molar-refractivity contribution in [1.82, 2.24) is 0 Å². The summed E-state index contributed by atoms with van der Waals surface area (Å²) in [7, 11) is 0. The van der Waals surface area contributed by atoms with Gasteiger partial charge in [-0.3, -0.25) is 0 Å². The Labute approximate surface area is 114 Å². The van der Waals surface area contributed by atoms with E-state index in [9.17, 15) is 0 Å². The highest BCUT2D eigenvalue weighted by Crippen LogP contribution is 2.37. The predicted molar refractivity (Wildman–Crippen MR) is 77.0 cm³/mol. The lowest BCUT2D eigenvalue weighted by Crippen LogP contribution is -2.13. The van der Waals surface area contributed by atoms with Gasteiger partial charge in [0.05, 0.1) is 6.26 Å². The summed E-state index contributed by atoms with van der Waals surface area (Å²) in [6.45, 7) is 0. The maximum atomic E-state index is 6.30. The molecule has 0 bridgehead atoms. The van der Waals surface area contributed by atoms with E-state index >= 15 is 0 Å². The van der Waals surface area contributed by atoms with Gasteiger partial charge in [0.1, 0.15) is 5.76 Å². The van der Waals surface area contributed by atoms with Crippen molar-refractivity contribution >= 4 is 0 Å². The van der Waals surface area contributed by atoms with E-state index in [1.807, 2.05) is 12.1 Å². The number of furan rings is 1. The van der Waals surface area contributed by atoms with Crippen LogP contribution in [0.15, 0.2) is 47.1 Å². The van der Waals surface area contributed by atoms with E-state index in [2.05, 4.69) is 24.3 Å². The van der Waals surface area contributed by atoms with Crippen LogP contribution in [0, 0.1) is 0 Å². The molecule has 1 atom stereocenters. The molecule has 0 saturated heterocycles. The van der Waals surface area contributed by atoms with Crippen molar-refractivity contribution in [2.75, 3.05) is 0 Å². The van der Waals surface area contributed by atoms with Gasteiger partial charge in [-0.1, -0.05) is 30.7 Å². The lowest BCUT2D eigenvalue weighted by atomic mass is 9.79. The molecule has 1 aromatic heterocycles. The van der Waals surface area contributed by atoms with Crippen molar-refractivity contribution in [3.05, 3.63) is 59.5 Å². The largest absolute Gasteiger partial charge is 0.469 e. The van der Waals surface area contributed by atoms with Crippen molar-refractivity contribution in [1.29, 1.82) is 0 Å². The molecule has 0 aliphatic heterocycles. The molecule has 1 fully saturated rings. The van der Waals surface area contributed by atoms with Gasteiger partial charge in [-0.25, -0.2) is 0 Å². The van der Waals surface area contributed by atoms with E-state index in [0.717, 1.165) is 24.5 Å². The zero-order valence-corrected chi connectivity index (χ0v) is 11.2. The molecule has 1 aliphatic rings. The zero-order chi connectivity index (χ0) is 13.1.